The van der Waals surface area contributed by atoms with Crippen LogP contribution in [0.15, 0.2) is 36.1 Å². The fourth-order valence-corrected chi connectivity index (χ4v) is 3.93. The van der Waals surface area contributed by atoms with Crippen LogP contribution in [0.25, 0.3) is 5.69 Å². The van der Waals surface area contributed by atoms with Gasteiger partial charge in [-0.05, 0) is 52.3 Å². The summed E-state index contributed by atoms with van der Waals surface area (Å²) in [5, 5.41) is 15.9. The van der Waals surface area contributed by atoms with E-state index in [1.807, 2.05) is 29.8 Å². The Morgan fingerprint density at radius 2 is 2.15 bits per heavy atom. The van der Waals surface area contributed by atoms with E-state index in [1.165, 1.54) is 35.2 Å². The Balaban J connectivity index is 1.37. The number of thiophene rings is 1. The van der Waals surface area contributed by atoms with Crippen LogP contribution in [-0.4, -0.2) is 44.2 Å². The molecule has 0 saturated carbocycles. The fraction of sp³-hybridized carbons (Fsp3) is 0.389. The molecule has 1 N–H and O–H groups in total. The maximum atomic E-state index is 12.5. The zero-order valence-corrected chi connectivity index (χ0v) is 15.9. The average Bonchev–Trinajstić information content (AvgIpc) is 3.38. The van der Waals surface area contributed by atoms with Crippen LogP contribution < -0.4 is 10.2 Å². The van der Waals surface area contributed by atoms with Gasteiger partial charge in [0.2, 0.25) is 0 Å². The second-order valence-corrected chi connectivity index (χ2v) is 7.68. The molecule has 1 amide bonds. The van der Waals surface area contributed by atoms with Crippen molar-refractivity contribution >= 4 is 23.1 Å². The van der Waals surface area contributed by atoms with E-state index in [-0.39, 0.29) is 5.91 Å². The molecule has 0 atom stereocenters. The number of hydrogen-bond donors (Lipinski definition) is 1. The third kappa shape index (κ3) is 3.97. The first-order valence-electron chi connectivity index (χ1n) is 8.99. The van der Waals surface area contributed by atoms with E-state index in [1.54, 1.807) is 0 Å². The van der Waals surface area contributed by atoms with Crippen molar-refractivity contribution in [2.45, 2.75) is 26.3 Å². The monoisotopic (exact) mass is 383 g/mol. The van der Waals surface area contributed by atoms with E-state index in [9.17, 15) is 4.79 Å². The van der Waals surface area contributed by atoms with E-state index in [2.05, 4.69) is 37.6 Å². The molecule has 0 aromatic carbocycles. The van der Waals surface area contributed by atoms with Crippen LogP contribution in [0.5, 0.6) is 0 Å². The van der Waals surface area contributed by atoms with Gasteiger partial charge in [-0.25, -0.2) is 4.98 Å². The molecule has 1 fully saturated rings. The first-order chi connectivity index (χ1) is 13.2. The largest absolute Gasteiger partial charge is 0.357 e. The third-order valence-corrected chi connectivity index (χ3v) is 5.72. The Kier molecular flexibility index (Phi) is 5.10. The summed E-state index contributed by atoms with van der Waals surface area (Å²) in [6, 6.07) is 5.89. The number of anilines is 1. The highest BCUT2D eigenvalue weighted by molar-refractivity contribution is 7.12. The van der Waals surface area contributed by atoms with Gasteiger partial charge in [-0.2, -0.15) is 4.68 Å². The van der Waals surface area contributed by atoms with Crippen LogP contribution in [0.2, 0.25) is 0 Å². The van der Waals surface area contributed by atoms with Crippen molar-refractivity contribution in [3.05, 3.63) is 46.5 Å². The molecule has 1 aliphatic heterocycles. The smallest absolute Gasteiger partial charge is 0.263 e. The third-order valence-electron chi connectivity index (χ3n) is 4.82. The summed E-state index contributed by atoms with van der Waals surface area (Å²) in [6.45, 7) is 4.84. The Hall–Kier alpha value is -2.81. The number of nitrogens with one attached hydrogen (secondary N) is 1. The first kappa shape index (κ1) is 17.6. The topological polar surface area (TPSA) is 88.8 Å². The van der Waals surface area contributed by atoms with Gasteiger partial charge in [-0.1, -0.05) is 13.0 Å². The van der Waals surface area contributed by atoms with Gasteiger partial charge >= 0.3 is 0 Å². The molecule has 0 unspecified atom stereocenters. The summed E-state index contributed by atoms with van der Waals surface area (Å²) in [4.78, 5) is 20.0. The van der Waals surface area contributed by atoms with Crippen molar-refractivity contribution in [2.75, 3.05) is 18.0 Å². The molecule has 1 aliphatic rings. The van der Waals surface area contributed by atoms with E-state index in [0.29, 0.717) is 17.1 Å². The van der Waals surface area contributed by atoms with E-state index < -0.39 is 0 Å². The highest BCUT2D eigenvalue weighted by Crippen LogP contribution is 2.22. The number of aromatic nitrogens is 5. The molecule has 1 saturated heterocycles. The van der Waals surface area contributed by atoms with Gasteiger partial charge in [0.25, 0.3) is 5.91 Å². The quantitative estimate of drug-likeness (QED) is 0.727. The van der Waals surface area contributed by atoms with Crippen LogP contribution in [0.4, 0.5) is 5.82 Å². The number of amides is 1. The van der Waals surface area contributed by atoms with Gasteiger partial charge in [0.15, 0.2) is 0 Å². The van der Waals surface area contributed by atoms with Crippen molar-refractivity contribution < 1.29 is 4.79 Å². The molecule has 8 nitrogen and oxygen atoms in total. The molecule has 0 bridgehead atoms. The Labute approximate surface area is 161 Å². The van der Waals surface area contributed by atoms with Crippen molar-refractivity contribution in [1.82, 2.24) is 30.5 Å². The van der Waals surface area contributed by atoms with E-state index >= 15 is 0 Å². The van der Waals surface area contributed by atoms with Crippen LogP contribution >= 0.6 is 11.3 Å². The lowest BCUT2D eigenvalue weighted by molar-refractivity contribution is 0.0955. The van der Waals surface area contributed by atoms with Gasteiger partial charge in [0.05, 0.1) is 5.69 Å². The van der Waals surface area contributed by atoms with Crippen molar-refractivity contribution in [3.8, 4) is 5.69 Å². The molecule has 9 heteroatoms. The second kappa shape index (κ2) is 7.83. The van der Waals surface area contributed by atoms with Gasteiger partial charge < -0.3 is 10.2 Å². The maximum absolute atomic E-state index is 12.5. The summed E-state index contributed by atoms with van der Waals surface area (Å²) < 4.78 is 1.49. The predicted molar refractivity (Wildman–Crippen MR) is 103 cm³/mol. The number of nitrogens with zero attached hydrogens (tertiary/aromatic N) is 6. The zero-order chi connectivity index (χ0) is 18.6. The summed E-state index contributed by atoms with van der Waals surface area (Å²) in [5.74, 6) is 1.66. The van der Waals surface area contributed by atoms with Crippen molar-refractivity contribution in [3.63, 3.8) is 0 Å². The number of pyridine rings is 1. The molecular formula is C18H21N7OS. The van der Waals surface area contributed by atoms with Crippen LogP contribution in [0.1, 0.15) is 35.0 Å². The molecule has 3 aromatic heterocycles. The van der Waals surface area contributed by atoms with Crippen molar-refractivity contribution in [1.29, 1.82) is 0 Å². The Bertz CT molecular complexity index is 883. The van der Waals surface area contributed by atoms with Crippen LogP contribution in [-0.2, 0) is 6.54 Å². The van der Waals surface area contributed by atoms with Crippen molar-refractivity contribution in [2.24, 2.45) is 5.92 Å². The lowest BCUT2D eigenvalue weighted by Gasteiger charge is -2.31. The van der Waals surface area contributed by atoms with Gasteiger partial charge in [0, 0.05) is 25.8 Å². The number of carbonyl (C=O) groups excluding carboxylic acids is 1. The SMILES string of the molecule is CC1CCN(c2ccc(CNC(=O)c3sccc3-n3cnnn3)cn2)CC1. The zero-order valence-electron chi connectivity index (χ0n) is 15.1. The number of hydrogen-bond acceptors (Lipinski definition) is 7. The lowest BCUT2D eigenvalue weighted by atomic mass is 9.99. The maximum Gasteiger partial charge on any atom is 0.263 e. The van der Waals surface area contributed by atoms with Crippen LogP contribution in [0.3, 0.4) is 0 Å². The molecule has 4 heterocycles. The highest BCUT2D eigenvalue weighted by Gasteiger charge is 2.17. The fourth-order valence-electron chi connectivity index (χ4n) is 3.13. The summed E-state index contributed by atoms with van der Waals surface area (Å²) in [6.07, 6.45) is 5.74. The van der Waals surface area contributed by atoms with Gasteiger partial charge in [-0.3, -0.25) is 4.79 Å². The number of carbonyl (C=O) groups is 1. The Morgan fingerprint density at radius 1 is 1.30 bits per heavy atom. The van der Waals surface area contributed by atoms with Gasteiger partial charge in [-0.15, -0.1) is 16.4 Å². The Morgan fingerprint density at radius 3 is 2.85 bits per heavy atom. The van der Waals surface area contributed by atoms with Crippen LogP contribution in [0, 0.1) is 5.92 Å². The number of rotatable bonds is 5. The van der Waals surface area contributed by atoms with E-state index in [0.717, 1.165) is 30.4 Å². The highest BCUT2D eigenvalue weighted by atomic mass is 32.1. The molecular weight excluding hydrogens is 362 g/mol. The molecule has 0 radical (unpaired) electrons. The summed E-state index contributed by atoms with van der Waals surface area (Å²) >= 11 is 1.36. The minimum atomic E-state index is -0.149. The summed E-state index contributed by atoms with van der Waals surface area (Å²) in [7, 11) is 0. The minimum absolute atomic E-state index is 0.149. The molecule has 0 aliphatic carbocycles. The predicted octanol–water partition coefficient (Wildman–Crippen LogP) is 2.29. The minimum Gasteiger partial charge on any atom is -0.357 e. The number of piperidine rings is 1. The first-order valence-corrected chi connectivity index (χ1v) is 9.87. The molecule has 4 rings (SSSR count). The number of tetrazole rings is 1. The summed E-state index contributed by atoms with van der Waals surface area (Å²) in [5.41, 5.74) is 1.65. The molecule has 140 valence electrons. The van der Waals surface area contributed by atoms with E-state index in [4.69, 9.17) is 0 Å². The second-order valence-electron chi connectivity index (χ2n) is 6.77. The lowest BCUT2D eigenvalue weighted by Crippen LogP contribution is -2.33. The van der Waals surface area contributed by atoms with Gasteiger partial charge in [0.1, 0.15) is 17.0 Å². The normalized spacial score (nSPS) is 15.1. The molecule has 27 heavy (non-hydrogen) atoms. The molecule has 0 spiro atoms. The average molecular weight is 383 g/mol. The standard InChI is InChI=1S/C18H21N7OS/c1-13-4-7-24(8-5-13)16-3-2-14(10-19-16)11-20-18(26)17-15(6-9-27-17)25-12-21-22-23-25/h2-3,6,9-10,12-13H,4-5,7-8,11H2,1H3,(H,20,26). The molecule has 3 aromatic rings.